The van der Waals surface area contributed by atoms with Crippen molar-refractivity contribution in [1.29, 1.82) is 0 Å². The number of thioether (sulfide) groups is 1. The number of imidazole rings is 1. The Labute approximate surface area is 253 Å². The van der Waals surface area contributed by atoms with Gasteiger partial charge < -0.3 is 28.6 Å². The number of nitrogens with zero attached hydrogens (tertiary/aromatic N) is 6. The van der Waals surface area contributed by atoms with Crippen molar-refractivity contribution in [3.8, 4) is 5.75 Å². The molecule has 0 amide bonds. The summed E-state index contributed by atoms with van der Waals surface area (Å²) in [5.41, 5.74) is 1.88. The molecule has 9 nitrogen and oxygen atoms in total. The third-order valence-electron chi connectivity index (χ3n) is 7.19. The SMILES string of the molecule is CSc1nccc(N2CCN(c3ccc(OCC4COC(Cn5ccnc5)(c5ccc(Cl)cc5Cl)O4)cc3)CC2)n1. The van der Waals surface area contributed by atoms with Gasteiger partial charge in [0.2, 0.25) is 5.79 Å². The first-order valence-corrected chi connectivity index (χ1v) is 15.3. The fourth-order valence-electron chi connectivity index (χ4n) is 5.12. The van der Waals surface area contributed by atoms with Crippen LogP contribution in [0, 0.1) is 0 Å². The summed E-state index contributed by atoms with van der Waals surface area (Å²) in [4.78, 5) is 17.8. The second-order valence-corrected chi connectivity index (χ2v) is 11.5. The lowest BCUT2D eigenvalue weighted by Gasteiger charge is -2.36. The predicted octanol–water partition coefficient (Wildman–Crippen LogP) is 5.38. The van der Waals surface area contributed by atoms with E-state index in [1.165, 1.54) is 5.69 Å². The summed E-state index contributed by atoms with van der Waals surface area (Å²) in [7, 11) is 0. The maximum Gasteiger partial charge on any atom is 0.215 e. The zero-order chi connectivity index (χ0) is 28.2. The van der Waals surface area contributed by atoms with Crippen molar-refractivity contribution < 1.29 is 14.2 Å². The smallest absolute Gasteiger partial charge is 0.215 e. The van der Waals surface area contributed by atoms with Gasteiger partial charge in [-0.2, -0.15) is 0 Å². The van der Waals surface area contributed by atoms with E-state index in [1.54, 1.807) is 36.4 Å². The third kappa shape index (κ3) is 6.42. The second-order valence-electron chi connectivity index (χ2n) is 9.84. The van der Waals surface area contributed by atoms with Crippen LogP contribution >= 0.6 is 35.0 Å². The molecule has 6 rings (SSSR count). The number of piperazine rings is 1. The Bertz CT molecular complexity index is 1450. The summed E-state index contributed by atoms with van der Waals surface area (Å²) >= 11 is 14.3. The molecule has 12 heteroatoms. The molecule has 2 aromatic heterocycles. The fraction of sp³-hybridized carbons (Fsp3) is 0.345. The standard InChI is InChI=1S/C29H30Cl2N6O3S/c1-41-28-33-9-8-27(34-28)37-14-12-36(13-15-37)22-3-5-23(6-4-22)38-17-24-18-39-29(40-24,19-35-11-10-32-20-35)25-7-2-21(30)16-26(25)31/h2-11,16,20,24H,12-15,17-19H2,1H3. The van der Waals surface area contributed by atoms with Gasteiger partial charge in [0.1, 0.15) is 24.3 Å². The quantitative estimate of drug-likeness (QED) is 0.183. The van der Waals surface area contributed by atoms with Gasteiger partial charge >= 0.3 is 0 Å². The molecule has 4 heterocycles. The van der Waals surface area contributed by atoms with E-state index in [4.69, 9.17) is 37.4 Å². The monoisotopic (exact) mass is 612 g/mol. The highest BCUT2D eigenvalue weighted by Gasteiger charge is 2.45. The van der Waals surface area contributed by atoms with Gasteiger partial charge in [-0.25, -0.2) is 15.0 Å². The summed E-state index contributed by atoms with van der Waals surface area (Å²) in [6, 6.07) is 15.5. The number of anilines is 2. The Hall–Kier alpha value is -3.02. The predicted molar refractivity (Wildman–Crippen MR) is 161 cm³/mol. The van der Waals surface area contributed by atoms with Crippen molar-refractivity contribution >= 4 is 46.5 Å². The minimum atomic E-state index is -1.08. The van der Waals surface area contributed by atoms with Crippen LogP contribution in [0.1, 0.15) is 5.56 Å². The Morgan fingerprint density at radius 3 is 2.56 bits per heavy atom. The molecule has 2 aliphatic heterocycles. The van der Waals surface area contributed by atoms with E-state index in [9.17, 15) is 0 Å². The third-order valence-corrected chi connectivity index (χ3v) is 8.30. The lowest BCUT2D eigenvalue weighted by atomic mass is 10.1. The first-order valence-electron chi connectivity index (χ1n) is 13.3. The highest BCUT2D eigenvalue weighted by atomic mass is 35.5. The van der Waals surface area contributed by atoms with Crippen LogP contribution in [-0.2, 0) is 21.8 Å². The first kappa shape index (κ1) is 28.1. The van der Waals surface area contributed by atoms with Gasteiger partial charge in [0.25, 0.3) is 0 Å². The highest BCUT2D eigenvalue weighted by molar-refractivity contribution is 7.98. The Kier molecular flexibility index (Phi) is 8.55. The van der Waals surface area contributed by atoms with Crippen molar-refractivity contribution in [2.45, 2.75) is 23.6 Å². The van der Waals surface area contributed by atoms with Crippen molar-refractivity contribution in [2.24, 2.45) is 0 Å². The molecule has 2 aromatic carbocycles. The van der Waals surface area contributed by atoms with Crippen LogP contribution in [0.4, 0.5) is 11.5 Å². The summed E-state index contributed by atoms with van der Waals surface area (Å²) in [6.45, 7) is 4.73. The molecule has 214 valence electrons. The van der Waals surface area contributed by atoms with E-state index in [1.807, 2.05) is 47.5 Å². The normalized spacial score (nSPS) is 20.9. The lowest BCUT2D eigenvalue weighted by Crippen LogP contribution is -2.46. The minimum absolute atomic E-state index is 0.286. The Morgan fingerprint density at radius 2 is 1.83 bits per heavy atom. The molecular weight excluding hydrogens is 583 g/mol. The molecule has 0 N–H and O–H groups in total. The average Bonchev–Trinajstić information content (AvgIpc) is 3.67. The van der Waals surface area contributed by atoms with Crippen molar-refractivity contribution in [2.75, 3.05) is 55.4 Å². The average molecular weight is 614 g/mol. The number of aromatic nitrogens is 4. The van der Waals surface area contributed by atoms with Gasteiger partial charge in [0.15, 0.2) is 5.16 Å². The number of hydrogen-bond donors (Lipinski definition) is 0. The van der Waals surface area contributed by atoms with E-state index in [0.717, 1.165) is 42.9 Å². The summed E-state index contributed by atoms with van der Waals surface area (Å²) in [5.74, 6) is 0.682. The number of benzene rings is 2. The first-order chi connectivity index (χ1) is 20.0. The number of halogens is 2. The molecule has 2 fully saturated rings. The van der Waals surface area contributed by atoms with Crippen molar-refractivity contribution in [1.82, 2.24) is 19.5 Å². The van der Waals surface area contributed by atoms with Crippen LogP contribution in [0.25, 0.3) is 0 Å². The molecule has 4 aromatic rings. The Morgan fingerprint density at radius 1 is 1.02 bits per heavy atom. The number of rotatable bonds is 9. The Balaban J connectivity index is 1.05. The topological polar surface area (TPSA) is 77.8 Å². The van der Waals surface area contributed by atoms with E-state index >= 15 is 0 Å². The second kappa shape index (κ2) is 12.5. The molecular formula is C29H30Cl2N6O3S. The van der Waals surface area contributed by atoms with Gasteiger partial charge in [0, 0.05) is 61.0 Å². The van der Waals surface area contributed by atoms with Crippen LogP contribution in [0.2, 0.25) is 10.0 Å². The number of ether oxygens (including phenoxy) is 3. The van der Waals surface area contributed by atoms with E-state index in [-0.39, 0.29) is 6.10 Å². The van der Waals surface area contributed by atoms with Gasteiger partial charge in [-0.05, 0) is 48.7 Å². The molecule has 2 aliphatic rings. The fourth-order valence-corrected chi connectivity index (χ4v) is 6.02. The largest absolute Gasteiger partial charge is 0.491 e. The van der Waals surface area contributed by atoms with Crippen LogP contribution in [0.15, 0.2) is 78.6 Å². The maximum absolute atomic E-state index is 6.58. The molecule has 2 saturated heterocycles. The minimum Gasteiger partial charge on any atom is -0.491 e. The van der Waals surface area contributed by atoms with Gasteiger partial charge in [0.05, 0.1) is 24.5 Å². The summed E-state index contributed by atoms with van der Waals surface area (Å²) in [6.07, 6.45) is 8.84. The molecule has 41 heavy (non-hydrogen) atoms. The zero-order valence-corrected chi connectivity index (χ0v) is 24.9. The summed E-state index contributed by atoms with van der Waals surface area (Å²) < 4.78 is 20.8. The molecule has 0 spiro atoms. The molecule has 2 atom stereocenters. The van der Waals surface area contributed by atoms with Gasteiger partial charge in [-0.1, -0.05) is 41.0 Å². The van der Waals surface area contributed by atoms with Crippen LogP contribution in [-0.4, -0.2) is 71.3 Å². The van der Waals surface area contributed by atoms with Crippen molar-refractivity contribution in [3.63, 3.8) is 0 Å². The maximum atomic E-state index is 6.58. The number of hydrogen-bond acceptors (Lipinski definition) is 9. The highest BCUT2D eigenvalue weighted by Crippen LogP contribution is 2.40. The molecule has 2 unspecified atom stereocenters. The van der Waals surface area contributed by atoms with Gasteiger partial charge in [-0.15, -0.1) is 0 Å². The summed E-state index contributed by atoms with van der Waals surface area (Å²) in [5, 5.41) is 1.83. The van der Waals surface area contributed by atoms with Crippen molar-refractivity contribution in [3.05, 3.63) is 89.1 Å². The lowest BCUT2D eigenvalue weighted by molar-refractivity contribution is -0.189. The molecule has 0 bridgehead atoms. The van der Waals surface area contributed by atoms with E-state index in [2.05, 4.69) is 36.9 Å². The van der Waals surface area contributed by atoms with Crippen LogP contribution in [0.5, 0.6) is 5.75 Å². The molecule has 0 radical (unpaired) electrons. The van der Waals surface area contributed by atoms with E-state index in [0.29, 0.717) is 35.4 Å². The van der Waals surface area contributed by atoms with Gasteiger partial charge in [-0.3, -0.25) is 0 Å². The zero-order valence-electron chi connectivity index (χ0n) is 22.5. The van der Waals surface area contributed by atoms with Crippen LogP contribution < -0.4 is 14.5 Å². The molecule has 0 aliphatic carbocycles. The van der Waals surface area contributed by atoms with E-state index < -0.39 is 5.79 Å². The van der Waals surface area contributed by atoms with Crippen LogP contribution in [0.3, 0.4) is 0 Å². The molecule has 0 saturated carbocycles.